The first kappa shape index (κ1) is 12.2. The Balaban J connectivity index is 1.63. The molecule has 0 aliphatic heterocycles. The minimum absolute atomic E-state index is 0.154. The molecule has 0 aliphatic carbocycles. The molecule has 2 amide bonds. The number of hydrogen-bond acceptors (Lipinski definition) is 2. The summed E-state index contributed by atoms with van der Waals surface area (Å²) in [5, 5.41) is 12.3. The Morgan fingerprint density at radius 3 is 2.72 bits per heavy atom. The van der Waals surface area contributed by atoms with Crippen molar-refractivity contribution in [2.24, 2.45) is 0 Å². The van der Waals surface area contributed by atoms with Gasteiger partial charge in [0.25, 0.3) is 0 Å². The van der Waals surface area contributed by atoms with Crippen LogP contribution >= 0.6 is 0 Å². The van der Waals surface area contributed by atoms with Gasteiger partial charge < -0.3 is 10.6 Å². The average molecular weight is 244 g/mol. The molecule has 0 radical (unpaired) electrons. The quantitative estimate of drug-likeness (QED) is 0.745. The van der Waals surface area contributed by atoms with E-state index in [-0.39, 0.29) is 6.03 Å². The standard InChI is InChI=1S/C13H16N4O/c18-13(14-8-6-12-7-9-16-17-12)15-10-11-4-2-1-3-5-11/h1-5,7,9H,6,8,10H2,(H,16,17)(H2,14,15,18). The van der Waals surface area contributed by atoms with E-state index in [1.165, 1.54) is 0 Å². The van der Waals surface area contributed by atoms with Gasteiger partial charge in [0.05, 0.1) is 0 Å². The Morgan fingerprint density at radius 2 is 2.00 bits per heavy atom. The van der Waals surface area contributed by atoms with Crippen molar-refractivity contribution in [1.82, 2.24) is 20.8 Å². The Labute approximate surface area is 106 Å². The smallest absolute Gasteiger partial charge is 0.315 e. The molecule has 18 heavy (non-hydrogen) atoms. The van der Waals surface area contributed by atoms with Gasteiger partial charge in [0.2, 0.25) is 0 Å². The number of benzene rings is 1. The van der Waals surface area contributed by atoms with E-state index < -0.39 is 0 Å². The molecule has 1 aromatic carbocycles. The number of H-pyrrole nitrogens is 1. The zero-order chi connectivity index (χ0) is 12.6. The lowest BCUT2D eigenvalue weighted by Gasteiger charge is -2.06. The van der Waals surface area contributed by atoms with Crippen LogP contribution in [0.4, 0.5) is 4.79 Å². The number of nitrogens with zero attached hydrogens (tertiary/aromatic N) is 1. The first-order valence-corrected chi connectivity index (χ1v) is 5.88. The number of hydrogen-bond donors (Lipinski definition) is 3. The molecule has 94 valence electrons. The second-order valence-corrected chi connectivity index (χ2v) is 3.93. The zero-order valence-corrected chi connectivity index (χ0v) is 10.0. The monoisotopic (exact) mass is 244 g/mol. The third-order valence-electron chi connectivity index (χ3n) is 2.53. The Hall–Kier alpha value is -2.30. The minimum atomic E-state index is -0.154. The van der Waals surface area contributed by atoms with Gasteiger partial charge >= 0.3 is 6.03 Å². The second kappa shape index (κ2) is 6.44. The number of rotatable bonds is 5. The number of nitrogens with one attached hydrogen (secondary N) is 3. The molecule has 5 nitrogen and oxygen atoms in total. The number of carbonyl (C=O) groups is 1. The van der Waals surface area contributed by atoms with Crippen LogP contribution in [0.1, 0.15) is 11.3 Å². The van der Waals surface area contributed by atoms with Crippen LogP contribution in [0.25, 0.3) is 0 Å². The molecule has 1 heterocycles. The van der Waals surface area contributed by atoms with Crippen molar-refractivity contribution in [3.8, 4) is 0 Å². The number of aromatic nitrogens is 2. The molecule has 0 aliphatic rings. The molecule has 0 spiro atoms. The van der Waals surface area contributed by atoms with Gasteiger partial charge in [-0.15, -0.1) is 0 Å². The molecular formula is C13H16N4O. The minimum Gasteiger partial charge on any atom is -0.338 e. The van der Waals surface area contributed by atoms with Crippen LogP contribution in [-0.2, 0) is 13.0 Å². The molecular weight excluding hydrogens is 228 g/mol. The van der Waals surface area contributed by atoms with Crippen molar-refractivity contribution in [1.29, 1.82) is 0 Å². The largest absolute Gasteiger partial charge is 0.338 e. The summed E-state index contributed by atoms with van der Waals surface area (Å²) in [5.41, 5.74) is 2.10. The first-order valence-electron chi connectivity index (χ1n) is 5.88. The molecule has 5 heteroatoms. The lowest BCUT2D eigenvalue weighted by molar-refractivity contribution is 0.240. The van der Waals surface area contributed by atoms with Crippen LogP contribution in [0.3, 0.4) is 0 Å². The van der Waals surface area contributed by atoms with E-state index in [4.69, 9.17) is 0 Å². The molecule has 2 aromatic rings. The van der Waals surface area contributed by atoms with Gasteiger partial charge in [0, 0.05) is 31.4 Å². The van der Waals surface area contributed by atoms with Crippen molar-refractivity contribution in [3.63, 3.8) is 0 Å². The third-order valence-corrected chi connectivity index (χ3v) is 2.53. The molecule has 2 rings (SSSR count). The van der Waals surface area contributed by atoms with Gasteiger partial charge in [-0.05, 0) is 11.6 Å². The summed E-state index contributed by atoms with van der Waals surface area (Å²) < 4.78 is 0. The summed E-state index contributed by atoms with van der Waals surface area (Å²) in [4.78, 5) is 11.5. The van der Waals surface area contributed by atoms with Crippen LogP contribution in [0.5, 0.6) is 0 Å². The van der Waals surface area contributed by atoms with Crippen molar-refractivity contribution < 1.29 is 4.79 Å². The van der Waals surface area contributed by atoms with E-state index in [2.05, 4.69) is 20.8 Å². The van der Waals surface area contributed by atoms with Gasteiger partial charge in [-0.1, -0.05) is 30.3 Å². The highest BCUT2D eigenvalue weighted by Crippen LogP contribution is 1.96. The highest BCUT2D eigenvalue weighted by molar-refractivity contribution is 5.73. The maximum Gasteiger partial charge on any atom is 0.315 e. The van der Waals surface area contributed by atoms with E-state index >= 15 is 0 Å². The van der Waals surface area contributed by atoms with Crippen molar-refractivity contribution in [2.45, 2.75) is 13.0 Å². The SMILES string of the molecule is O=C(NCCc1ccn[nH]1)NCc1ccccc1. The highest BCUT2D eigenvalue weighted by Gasteiger charge is 2.00. The van der Waals surface area contributed by atoms with Crippen LogP contribution in [0.15, 0.2) is 42.6 Å². The normalized spacial score (nSPS) is 10.0. The van der Waals surface area contributed by atoms with Gasteiger partial charge in [0.15, 0.2) is 0 Å². The lowest BCUT2D eigenvalue weighted by Crippen LogP contribution is -2.36. The average Bonchev–Trinajstić information content (AvgIpc) is 2.91. The Kier molecular flexibility index (Phi) is 4.35. The number of carbonyl (C=O) groups excluding carboxylic acids is 1. The predicted octanol–water partition coefficient (Wildman–Crippen LogP) is 1.45. The molecule has 1 aromatic heterocycles. The summed E-state index contributed by atoms with van der Waals surface area (Å²) in [7, 11) is 0. The summed E-state index contributed by atoms with van der Waals surface area (Å²) in [6.07, 6.45) is 2.45. The topological polar surface area (TPSA) is 69.8 Å². The number of urea groups is 1. The van der Waals surface area contributed by atoms with Gasteiger partial charge in [-0.2, -0.15) is 5.10 Å². The van der Waals surface area contributed by atoms with E-state index in [1.807, 2.05) is 36.4 Å². The van der Waals surface area contributed by atoms with Gasteiger partial charge in [-0.25, -0.2) is 4.79 Å². The number of aromatic amines is 1. The molecule has 3 N–H and O–H groups in total. The maximum atomic E-state index is 11.5. The van der Waals surface area contributed by atoms with Crippen molar-refractivity contribution in [2.75, 3.05) is 6.54 Å². The predicted molar refractivity (Wildman–Crippen MR) is 69.0 cm³/mol. The molecule has 0 saturated carbocycles. The third kappa shape index (κ3) is 3.93. The van der Waals surface area contributed by atoms with E-state index in [0.29, 0.717) is 13.1 Å². The Morgan fingerprint density at radius 1 is 1.17 bits per heavy atom. The first-order chi connectivity index (χ1) is 8.84. The lowest BCUT2D eigenvalue weighted by atomic mass is 10.2. The zero-order valence-electron chi connectivity index (χ0n) is 10.0. The summed E-state index contributed by atoms with van der Waals surface area (Å²) in [6, 6.07) is 11.5. The van der Waals surface area contributed by atoms with Gasteiger partial charge in [0.1, 0.15) is 0 Å². The van der Waals surface area contributed by atoms with Crippen LogP contribution < -0.4 is 10.6 Å². The molecule has 0 atom stereocenters. The van der Waals surface area contributed by atoms with Crippen molar-refractivity contribution >= 4 is 6.03 Å². The van der Waals surface area contributed by atoms with Crippen LogP contribution in [0, 0.1) is 0 Å². The molecule has 0 saturated heterocycles. The Bertz CT molecular complexity index is 467. The molecule has 0 fully saturated rings. The summed E-state index contributed by atoms with van der Waals surface area (Å²) >= 11 is 0. The van der Waals surface area contributed by atoms with E-state index in [9.17, 15) is 4.79 Å². The summed E-state index contributed by atoms with van der Waals surface area (Å²) in [6.45, 7) is 1.12. The molecule has 0 unspecified atom stereocenters. The maximum absolute atomic E-state index is 11.5. The number of amides is 2. The second-order valence-electron chi connectivity index (χ2n) is 3.93. The van der Waals surface area contributed by atoms with Crippen molar-refractivity contribution in [3.05, 3.63) is 53.9 Å². The van der Waals surface area contributed by atoms with E-state index in [0.717, 1.165) is 17.7 Å². The fraction of sp³-hybridized carbons (Fsp3) is 0.231. The molecule has 0 bridgehead atoms. The highest BCUT2D eigenvalue weighted by atomic mass is 16.2. The van der Waals surface area contributed by atoms with Crippen LogP contribution in [-0.4, -0.2) is 22.8 Å². The van der Waals surface area contributed by atoms with E-state index in [1.54, 1.807) is 6.20 Å². The fourth-order valence-corrected chi connectivity index (χ4v) is 1.58. The van der Waals surface area contributed by atoms with Crippen LogP contribution in [0.2, 0.25) is 0 Å². The fourth-order valence-electron chi connectivity index (χ4n) is 1.58. The van der Waals surface area contributed by atoms with Gasteiger partial charge in [-0.3, -0.25) is 5.10 Å². The summed E-state index contributed by atoms with van der Waals surface area (Å²) in [5.74, 6) is 0.